The van der Waals surface area contributed by atoms with Crippen molar-refractivity contribution in [2.24, 2.45) is 0 Å². The van der Waals surface area contributed by atoms with E-state index in [9.17, 15) is 14.4 Å². The van der Waals surface area contributed by atoms with Crippen LogP contribution in [-0.4, -0.2) is 48.9 Å². The van der Waals surface area contributed by atoms with Crippen molar-refractivity contribution in [3.8, 4) is 5.75 Å². The van der Waals surface area contributed by atoms with E-state index in [1.807, 2.05) is 18.2 Å². The monoisotopic (exact) mass is 381 g/mol. The number of hydrogen-bond acceptors (Lipinski definition) is 4. The molecule has 0 unspecified atom stereocenters. The number of hydrogen-bond donors (Lipinski definition) is 2. The lowest BCUT2D eigenvalue weighted by molar-refractivity contribution is -0.136. The third-order valence-electron chi connectivity index (χ3n) is 4.26. The fourth-order valence-corrected chi connectivity index (χ4v) is 2.55. The highest BCUT2D eigenvalue weighted by molar-refractivity contribution is 6.06. The molecular weight excluding hydrogens is 358 g/mol. The van der Waals surface area contributed by atoms with E-state index in [-0.39, 0.29) is 36.9 Å². The van der Waals surface area contributed by atoms with E-state index in [4.69, 9.17) is 4.74 Å². The first-order valence-corrected chi connectivity index (χ1v) is 9.14. The van der Waals surface area contributed by atoms with Crippen LogP contribution in [-0.2, 0) is 9.59 Å². The molecule has 0 heterocycles. The van der Waals surface area contributed by atoms with Gasteiger partial charge in [-0.2, -0.15) is 0 Å². The molecule has 0 saturated heterocycles. The number of amides is 3. The highest BCUT2D eigenvalue weighted by atomic mass is 16.5. The van der Waals surface area contributed by atoms with Crippen LogP contribution in [0.3, 0.4) is 0 Å². The SMILES string of the molecule is CN(CC(=O)NC1CC1)C(=O)COc1ccccc1C(=O)Nc1ccccc1. The van der Waals surface area contributed by atoms with Gasteiger partial charge in [-0.1, -0.05) is 30.3 Å². The molecule has 7 heteroatoms. The Kier molecular flexibility index (Phi) is 6.26. The molecule has 2 N–H and O–H groups in total. The van der Waals surface area contributed by atoms with Crippen molar-refractivity contribution >= 4 is 23.4 Å². The van der Waals surface area contributed by atoms with Crippen molar-refractivity contribution in [3.05, 3.63) is 60.2 Å². The number of ether oxygens (including phenoxy) is 1. The largest absolute Gasteiger partial charge is 0.483 e. The van der Waals surface area contributed by atoms with E-state index in [0.717, 1.165) is 12.8 Å². The second-order valence-corrected chi connectivity index (χ2v) is 6.70. The van der Waals surface area contributed by atoms with Crippen molar-refractivity contribution in [1.82, 2.24) is 10.2 Å². The number of para-hydroxylation sites is 2. The molecule has 146 valence electrons. The number of likely N-dealkylation sites (N-methyl/N-ethyl adjacent to an activating group) is 1. The first-order chi connectivity index (χ1) is 13.5. The number of carbonyl (C=O) groups excluding carboxylic acids is 3. The third-order valence-corrected chi connectivity index (χ3v) is 4.26. The van der Waals surface area contributed by atoms with Gasteiger partial charge >= 0.3 is 0 Å². The molecule has 1 fully saturated rings. The highest BCUT2D eigenvalue weighted by Gasteiger charge is 2.24. The van der Waals surface area contributed by atoms with Crippen LogP contribution in [0.25, 0.3) is 0 Å². The second-order valence-electron chi connectivity index (χ2n) is 6.70. The van der Waals surface area contributed by atoms with Gasteiger partial charge in [0.1, 0.15) is 5.75 Å². The second kappa shape index (κ2) is 9.03. The first kappa shape index (κ1) is 19.4. The Hall–Kier alpha value is -3.35. The summed E-state index contributed by atoms with van der Waals surface area (Å²) >= 11 is 0. The summed E-state index contributed by atoms with van der Waals surface area (Å²) in [6.45, 7) is -0.280. The minimum absolute atomic E-state index is 0.0190. The normalized spacial score (nSPS) is 12.8. The molecule has 0 radical (unpaired) electrons. The summed E-state index contributed by atoms with van der Waals surface area (Å²) in [4.78, 5) is 37.9. The number of anilines is 1. The zero-order valence-electron chi connectivity index (χ0n) is 15.7. The van der Waals surface area contributed by atoms with E-state index in [1.54, 1.807) is 43.4 Å². The van der Waals surface area contributed by atoms with E-state index >= 15 is 0 Å². The van der Waals surface area contributed by atoms with E-state index in [2.05, 4.69) is 10.6 Å². The van der Waals surface area contributed by atoms with Gasteiger partial charge in [0, 0.05) is 18.8 Å². The van der Waals surface area contributed by atoms with Gasteiger partial charge in [-0.15, -0.1) is 0 Å². The lowest BCUT2D eigenvalue weighted by Crippen LogP contribution is -2.41. The molecule has 7 nitrogen and oxygen atoms in total. The number of carbonyl (C=O) groups is 3. The van der Waals surface area contributed by atoms with Crippen LogP contribution >= 0.6 is 0 Å². The quantitative estimate of drug-likeness (QED) is 0.733. The van der Waals surface area contributed by atoms with Crippen molar-refractivity contribution in [2.75, 3.05) is 25.5 Å². The minimum atomic E-state index is -0.343. The van der Waals surface area contributed by atoms with Gasteiger partial charge in [0.15, 0.2) is 6.61 Å². The number of benzene rings is 2. The number of nitrogens with one attached hydrogen (secondary N) is 2. The van der Waals surface area contributed by atoms with Gasteiger partial charge < -0.3 is 20.3 Å². The van der Waals surface area contributed by atoms with Crippen LogP contribution < -0.4 is 15.4 Å². The standard InChI is InChI=1S/C21H23N3O4/c1-24(13-19(25)22-16-11-12-16)20(26)14-28-18-10-6-5-9-17(18)21(27)23-15-7-3-2-4-8-15/h2-10,16H,11-14H2,1H3,(H,22,25)(H,23,27). The van der Waals surface area contributed by atoms with Gasteiger partial charge in [-0.3, -0.25) is 14.4 Å². The molecule has 0 bridgehead atoms. The maximum absolute atomic E-state index is 12.5. The Bertz CT molecular complexity index is 850. The number of rotatable bonds is 8. The zero-order valence-corrected chi connectivity index (χ0v) is 15.7. The maximum Gasteiger partial charge on any atom is 0.260 e. The fourth-order valence-electron chi connectivity index (χ4n) is 2.55. The summed E-state index contributed by atoms with van der Waals surface area (Å²) in [7, 11) is 1.55. The molecule has 2 aromatic rings. The average molecular weight is 381 g/mol. The smallest absolute Gasteiger partial charge is 0.260 e. The van der Waals surface area contributed by atoms with Crippen LogP contribution in [0.5, 0.6) is 5.75 Å². The average Bonchev–Trinajstić information content (AvgIpc) is 3.50. The predicted octanol–water partition coefficient (Wildman–Crippen LogP) is 2.05. The third kappa shape index (κ3) is 5.57. The Morgan fingerprint density at radius 2 is 1.71 bits per heavy atom. The van der Waals surface area contributed by atoms with Gasteiger partial charge in [-0.25, -0.2) is 0 Å². The fraction of sp³-hybridized carbons (Fsp3) is 0.286. The molecule has 2 aromatic carbocycles. The summed E-state index contributed by atoms with van der Waals surface area (Å²) in [5.41, 5.74) is 0.994. The van der Waals surface area contributed by atoms with Crippen LogP contribution in [0.4, 0.5) is 5.69 Å². The van der Waals surface area contributed by atoms with Crippen LogP contribution in [0.2, 0.25) is 0 Å². The molecular formula is C21H23N3O4. The summed E-state index contributed by atoms with van der Waals surface area (Å²) in [6, 6.07) is 16.0. The molecule has 28 heavy (non-hydrogen) atoms. The van der Waals surface area contributed by atoms with Crippen LogP contribution in [0.15, 0.2) is 54.6 Å². The summed E-state index contributed by atoms with van der Waals surface area (Å²) in [5, 5.41) is 5.63. The molecule has 1 saturated carbocycles. The number of nitrogens with zero attached hydrogens (tertiary/aromatic N) is 1. The minimum Gasteiger partial charge on any atom is -0.483 e. The van der Waals surface area contributed by atoms with Crippen molar-refractivity contribution in [1.29, 1.82) is 0 Å². The Morgan fingerprint density at radius 3 is 2.43 bits per heavy atom. The molecule has 1 aliphatic rings. The van der Waals surface area contributed by atoms with Gasteiger partial charge in [0.25, 0.3) is 11.8 Å². The van der Waals surface area contributed by atoms with E-state index in [0.29, 0.717) is 17.0 Å². The first-order valence-electron chi connectivity index (χ1n) is 9.14. The summed E-state index contributed by atoms with van der Waals surface area (Å²) in [5.74, 6) is -0.545. The van der Waals surface area contributed by atoms with Gasteiger partial charge in [0.05, 0.1) is 12.1 Å². The van der Waals surface area contributed by atoms with Crippen molar-refractivity contribution < 1.29 is 19.1 Å². The maximum atomic E-state index is 12.5. The molecule has 3 amide bonds. The van der Waals surface area contributed by atoms with Crippen molar-refractivity contribution in [3.63, 3.8) is 0 Å². The molecule has 0 atom stereocenters. The lowest BCUT2D eigenvalue weighted by Gasteiger charge is -2.18. The lowest BCUT2D eigenvalue weighted by atomic mass is 10.2. The van der Waals surface area contributed by atoms with Crippen LogP contribution in [0, 0.1) is 0 Å². The summed E-state index contributed by atoms with van der Waals surface area (Å²) in [6.07, 6.45) is 1.99. The van der Waals surface area contributed by atoms with Crippen LogP contribution in [0.1, 0.15) is 23.2 Å². The molecule has 3 rings (SSSR count). The Balaban J connectivity index is 1.55. The molecule has 0 spiro atoms. The summed E-state index contributed by atoms with van der Waals surface area (Å²) < 4.78 is 5.57. The van der Waals surface area contributed by atoms with E-state index in [1.165, 1.54) is 4.90 Å². The Morgan fingerprint density at radius 1 is 1.04 bits per heavy atom. The van der Waals surface area contributed by atoms with Gasteiger partial charge in [0.2, 0.25) is 5.91 Å². The van der Waals surface area contributed by atoms with E-state index < -0.39 is 0 Å². The predicted molar refractivity (Wildman–Crippen MR) is 105 cm³/mol. The zero-order chi connectivity index (χ0) is 19.9. The topological polar surface area (TPSA) is 87.7 Å². The molecule has 1 aliphatic carbocycles. The van der Waals surface area contributed by atoms with Crippen molar-refractivity contribution in [2.45, 2.75) is 18.9 Å². The molecule has 0 aromatic heterocycles. The highest BCUT2D eigenvalue weighted by Crippen LogP contribution is 2.20. The molecule has 0 aliphatic heterocycles. The Labute approximate surface area is 163 Å². The van der Waals surface area contributed by atoms with Gasteiger partial charge in [-0.05, 0) is 37.1 Å².